The Labute approximate surface area is 117 Å². The standard InChI is InChI=1S/C15H17N3O2/c1-10-7-9-17(11(10)2)14-6-5-13(18(19)20)12-4-3-8-16-15(12)14/h3-6,8,10-11H,7,9H2,1-2H3. The molecular weight excluding hydrogens is 254 g/mol. The number of hydrogen-bond donors (Lipinski definition) is 0. The van der Waals surface area contributed by atoms with E-state index < -0.39 is 0 Å². The maximum Gasteiger partial charge on any atom is 0.278 e. The van der Waals surface area contributed by atoms with Gasteiger partial charge in [-0.3, -0.25) is 15.1 Å². The van der Waals surface area contributed by atoms with Crippen LogP contribution in [0.25, 0.3) is 10.9 Å². The fourth-order valence-electron chi connectivity index (χ4n) is 2.97. The Kier molecular flexibility index (Phi) is 3.04. The molecule has 1 aromatic heterocycles. The Balaban J connectivity index is 2.18. The van der Waals surface area contributed by atoms with E-state index in [1.54, 1.807) is 24.4 Å². The molecule has 0 bridgehead atoms. The first-order valence-electron chi connectivity index (χ1n) is 6.88. The Morgan fingerprint density at radius 2 is 2.15 bits per heavy atom. The summed E-state index contributed by atoms with van der Waals surface area (Å²) in [5.74, 6) is 0.629. The largest absolute Gasteiger partial charge is 0.367 e. The van der Waals surface area contributed by atoms with E-state index in [0.29, 0.717) is 17.3 Å². The Morgan fingerprint density at radius 3 is 2.80 bits per heavy atom. The molecule has 0 saturated carbocycles. The lowest BCUT2D eigenvalue weighted by molar-refractivity contribution is -0.383. The molecule has 2 atom stereocenters. The zero-order chi connectivity index (χ0) is 14.3. The van der Waals surface area contributed by atoms with Gasteiger partial charge in [-0.05, 0) is 37.5 Å². The Bertz CT molecular complexity index is 671. The Morgan fingerprint density at radius 1 is 1.35 bits per heavy atom. The van der Waals surface area contributed by atoms with Gasteiger partial charge in [-0.2, -0.15) is 0 Å². The van der Waals surface area contributed by atoms with Crippen molar-refractivity contribution in [3.63, 3.8) is 0 Å². The number of rotatable bonds is 2. The van der Waals surface area contributed by atoms with E-state index in [4.69, 9.17) is 0 Å². The molecule has 3 rings (SSSR count). The monoisotopic (exact) mass is 271 g/mol. The molecule has 1 aliphatic rings. The molecule has 0 N–H and O–H groups in total. The fraction of sp³-hybridized carbons (Fsp3) is 0.400. The zero-order valence-electron chi connectivity index (χ0n) is 11.6. The van der Waals surface area contributed by atoms with Gasteiger partial charge in [0.15, 0.2) is 0 Å². The summed E-state index contributed by atoms with van der Waals surface area (Å²) in [6, 6.07) is 7.38. The summed E-state index contributed by atoms with van der Waals surface area (Å²) < 4.78 is 0. The maximum absolute atomic E-state index is 11.1. The highest BCUT2D eigenvalue weighted by atomic mass is 16.6. The highest BCUT2D eigenvalue weighted by molar-refractivity contribution is 5.97. The number of nitrogens with zero attached hydrogens (tertiary/aromatic N) is 3. The van der Waals surface area contributed by atoms with E-state index >= 15 is 0 Å². The second kappa shape index (κ2) is 4.74. The molecule has 2 heterocycles. The molecule has 1 aliphatic heterocycles. The van der Waals surface area contributed by atoms with E-state index in [0.717, 1.165) is 24.2 Å². The third-order valence-corrected chi connectivity index (χ3v) is 4.37. The quantitative estimate of drug-likeness (QED) is 0.620. The third kappa shape index (κ3) is 1.90. The van der Waals surface area contributed by atoms with Crippen molar-refractivity contribution in [1.29, 1.82) is 0 Å². The van der Waals surface area contributed by atoms with Crippen molar-refractivity contribution < 1.29 is 4.92 Å². The van der Waals surface area contributed by atoms with E-state index in [2.05, 4.69) is 23.7 Å². The van der Waals surface area contributed by atoms with Crippen molar-refractivity contribution in [2.45, 2.75) is 26.3 Å². The number of benzene rings is 1. The topological polar surface area (TPSA) is 59.3 Å². The van der Waals surface area contributed by atoms with E-state index in [9.17, 15) is 10.1 Å². The minimum absolute atomic E-state index is 0.122. The van der Waals surface area contributed by atoms with Gasteiger partial charge in [0, 0.05) is 24.8 Å². The molecule has 0 radical (unpaired) electrons. The minimum Gasteiger partial charge on any atom is -0.367 e. The highest BCUT2D eigenvalue weighted by Crippen LogP contribution is 2.36. The van der Waals surface area contributed by atoms with Crippen LogP contribution >= 0.6 is 0 Å². The zero-order valence-corrected chi connectivity index (χ0v) is 11.6. The molecular formula is C15H17N3O2. The summed E-state index contributed by atoms with van der Waals surface area (Å²) in [7, 11) is 0. The second-order valence-electron chi connectivity index (χ2n) is 5.46. The van der Waals surface area contributed by atoms with Crippen LogP contribution in [0.1, 0.15) is 20.3 Å². The summed E-state index contributed by atoms with van der Waals surface area (Å²) in [5, 5.41) is 11.7. The van der Waals surface area contributed by atoms with Crippen LogP contribution in [0.5, 0.6) is 0 Å². The lowest BCUT2D eigenvalue weighted by Gasteiger charge is -2.26. The van der Waals surface area contributed by atoms with Crippen LogP contribution in [0.4, 0.5) is 11.4 Å². The summed E-state index contributed by atoms with van der Waals surface area (Å²) >= 11 is 0. The highest BCUT2D eigenvalue weighted by Gasteiger charge is 2.29. The third-order valence-electron chi connectivity index (χ3n) is 4.37. The predicted molar refractivity (Wildman–Crippen MR) is 79.0 cm³/mol. The first-order valence-corrected chi connectivity index (χ1v) is 6.88. The smallest absolute Gasteiger partial charge is 0.278 e. The van der Waals surface area contributed by atoms with Crippen LogP contribution in [0.3, 0.4) is 0 Å². The first-order chi connectivity index (χ1) is 9.59. The molecule has 1 fully saturated rings. The van der Waals surface area contributed by atoms with Crippen molar-refractivity contribution in [3.8, 4) is 0 Å². The number of anilines is 1. The average molecular weight is 271 g/mol. The van der Waals surface area contributed by atoms with Crippen LogP contribution in [0.15, 0.2) is 30.5 Å². The van der Waals surface area contributed by atoms with Crippen LogP contribution < -0.4 is 4.90 Å². The first kappa shape index (κ1) is 12.8. The number of nitro benzene ring substituents is 1. The number of fused-ring (bicyclic) bond motifs is 1. The molecule has 2 aromatic rings. The SMILES string of the molecule is CC1CCN(c2ccc([N+](=O)[O-])c3cccnc23)C1C. The van der Waals surface area contributed by atoms with Gasteiger partial charge in [-0.15, -0.1) is 0 Å². The van der Waals surface area contributed by atoms with Crippen LogP contribution in [-0.2, 0) is 0 Å². The fourth-order valence-corrected chi connectivity index (χ4v) is 2.97. The van der Waals surface area contributed by atoms with Crippen molar-refractivity contribution in [2.75, 3.05) is 11.4 Å². The molecule has 0 spiro atoms. The van der Waals surface area contributed by atoms with Crippen molar-refractivity contribution in [1.82, 2.24) is 4.98 Å². The second-order valence-corrected chi connectivity index (χ2v) is 5.46. The summed E-state index contributed by atoms with van der Waals surface area (Å²) in [6.07, 6.45) is 2.84. The summed E-state index contributed by atoms with van der Waals surface area (Å²) in [4.78, 5) is 17.5. The van der Waals surface area contributed by atoms with E-state index in [1.165, 1.54) is 0 Å². The van der Waals surface area contributed by atoms with Crippen molar-refractivity contribution in [2.24, 2.45) is 5.92 Å². The molecule has 0 aliphatic carbocycles. The average Bonchev–Trinajstić information content (AvgIpc) is 2.77. The number of pyridine rings is 1. The molecule has 104 valence electrons. The van der Waals surface area contributed by atoms with Gasteiger partial charge < -0.3 is 4.90 Å². The molecule has 1 aromatic carbocycles. The van der Waals surface area contributed by atoms with Crippen LogP contribution in [0.2, 0.25) is 0 Å². The van der Waals surface area contributed by atoms with Crippen molar-refractivity contribution in [3.05, 3.63) is 40.6 Å². The number of non-ortho nitro benzene ring substituents is 1. The lowest BCUT2D eigenvalue weighted by Crippen LogP contribution is -2.29. The van der Waals surface area contributed by atoms with Crippen molar-refractivity contribution >= 4 is 22.3 Å². The minimum atomic E-state index is -0.343. The molecule has 0 amide bonds. The van der Waals surface area contributed by atoms with Gasteiger partial charge in [-0.1, -0.05) is 6.92 Å². The normalized spacial score (nSPS) is 22.4. The van der Waals surface area contributed by atoms with Gasteiger partial charge in [0.2, 0.25) is 0 Å². The maximum atomic E-state index is 11.1. The van der Waals surface area contributed by atoms with E-state index in [-0.39, 0.29) is 10.6 Å². The van der Waals surface area contributed by atoms with E-state index in [1.807, 2.05) is 6.07 Å². The predicted octanol–water partition coefficient (Wildman–Crippen LogP) is 3.38. The van der Waals surface area contributed by atoms with Gasteiger partial charge in [-0.25, -0.2) is 0 Å². The molecule has 5 heteroatoms. The van der Waals surface area contributed by atoms with Crippen LogP contribution in [-0.4, -0.2) is 22.5 Å². The van der Waals surface area contributed by atoms with Gasteiger partial charge in [0.05, 0.1) is 16.0 Å². The van der Waals surface area contributed by atoms with Gasteiger partial charge >= 0.3 is 0 Å². The molecule has 1 saturated heterocycles. The van der Waals surface area contributed by atoms with Crippen LogP contribution in [0, 0.1) is 16.0 Å². The number of aromatic nitrogens is 1. The van der Waals surface area contributed by atoms with Gasteiger partial charge in [0.25, 0.3) is 5.69 Å². The summed E-state index contributed by atoms with van der Waals surface area (Å²) in [5.41, 5.74) is 1.85. The summed E-state index contributed by atoms with van der Waals surface area (Å²) in [6.45, 7) is 5.42. The molecule has 5 nitrogen and oxygen atoms in total. The Hall–Kier alpha value is -2.17. The molecule has 20 heavy (non-hydrogen) atoms. The molecule has 2 unspecified atom stereocenters. The number of hydrogen-bond acceptors (Lipinski definition) is 4. The lowest BCUT2D eigenvalue weighted by atomic mass is 10.0. The number of nitro groups is 1. The van der Waals surface area contributed by atoms with Gasteiger partial charge in [0.1, 0.15) is 5.52 Å².